The Balaban J connectivity index is 2.62. The lowest BCUT2D eigenvalue weighted by atomic mass is 9.98. The molecule has 0 amide bonds. The Morgan fingerprint density at radius 1 is 1.50 bits per heavy atom. The van der Waals surface area contributed by atoms with Crippen molar-refractivity contribution in [2.45, 2.75) is 6.42 Å². The lowest BCUT2D eigenvalue weighted by Crippen LogP contribution is -2.26. The molecular formula is C7H10O4P+. The van der Waals surface area contributed by atoms with E-state index >= 15 is 0 Å². The van der Waals surface area contributed by atoms with E-state index in [9.17, 15) is 14.2 Å². The van der Waals surface area contributed by atoms with Gasteiger partial charge in [-0.1, -0.05) is 4.57 Å². The quantitative estimate of drug-likeness (QED) is 0.513. The van der Waals surface area contributed by atoms with Crippen LogP contribution in [0.2, 0.25) is 0 Å². The number of aliphatic carboxylic acids is 1. The Bertz CT molecular complexity index is 225. The summed E-state index contributed by atoms with van der Waals surface area (Å²) >= 11 is 0. The van der Waals surface area contributed by atoms with Gasteiger partial charge in [0.05, 0.1) is 5.92 Å². The molecule has 66 valence electrons. The third kappa shape index (κ3) is 2.11. The zero-order chi connectivity index (χ0) is 9.14. The summed E-state index contributed by atoms with van der Waals surface area (Å²) in [6.07, 6.45) is 1.65. The first kappa shape index (κ1) is 9.33. The van der Waals surface area contributed by atoms with Crippen molar-refractivity contribution in [1.29, 1.82) is 0 Å². The molecule has 1 aliphatic heterocycles. The van der Waals surface area contributed by atoms with E-state index in [1.807, 2.05) is 0 Å². The van der Waals surface area contributed by atoms with Crippen molar-refractivity contribution in [3.8, 4) is 0 Å². The van der Waals surface area contributed by atoms with Crippen molar-refractivity contribution >= 4 is 20.1 Å². The smallest absolute Gasteiger partial charge is 0.340 e. The Morgan fingerprint density at radius 2 is 2.17 bits per heavy atom. The van der Waals surface area contributed by atoms with Crippen LogP contribution in [0.3, 0.4) is 0 Å². The average molecular weight is 189 g/mol. The largest absolute Gasteiger partial charge is 0.481 e. The van der Waals surface area contributed by atoms with E-state index in [4.69, 9.17) is 5.11 Å². The van der Waals surface area contributed by atoms with Gasteiger partial charge >= 0.3 is 13.8 Å². The summed E-state index contributed by atoms with van der Waals surface area (Å²) in [7, 11) is -1.47. The van der Waals surface area contributed by atoms with Crippen LogP contribution in [0.25, 0.3) is 0 Å². The van der Waals surface area contributed by atoms with Crippen LogP contribution in [0.1, 0.15) is 6.42 Å². The third-order valence-corrected chi connectivity index (χ3v) is 3.72. The van der Waals surface area contributed by atoms with Crippen LogP contribution in [0, 0.1) is 11.8 Å². The third-order valence-electron chi connectivity index (χ3n) is 1.99. The van der Waals surface area contributed by atoms with E-state index in [2.05, 4.69) is 0 Å². The number of carboxylic acid groups (broad SMARTS) is 1. The number of aldehydes is 1. The predicted molar refractivity (Wildman–Crippen MR) is 42.6 cm³/mol. The standard InChI is InChI=1S/C7H9O4P/c8-2-5-1-6(7(9)10)4-12(11)3-5/h2,5-6H,1,3-4H2/p+1. The Labute approximate surface area is 70.7 Å². The highest BCUT2D eigenvalue weighted by Crippen LogP contribution is 2.36. The van der Waals surface area contributed by atoms with Gasteiger partial charge < -0.3 is 9.90 Å². The van der Waals surface area contributed by atoms with Gasteiger partial charge in [0.2, 0.25) is 0 Å². The molecule has 1 aliphatic rings. The van der Waals surface area contributed by atoms with Gasteiger partial charge in [0, 0.05) is 0 Å². The summed E-state index contributed by atoms with van der Waals surface area (Å²) in [6, 6.07) is 0. The molecule has 3 atom stereocenters. The second-order valence-corrected chi connectivity index (χ2v) is 4.71. The van der Waals surface area contributed by atoms with Gasteiger partial charge in [0.1, 0.15) is 12.2 Å². The number of carbonyl (C=O) groups is 2. The SMILES string of the molecule is O=CC1CC(C(=O)O)C[P+](=O)C1. The van der Waals surface area contributed by atoms with Crippen molar-refractivity contribution in [2.24, 2.45) is 11.8 Å². The van der Waals surface area contributed by atoms with Gasteiger partial charge in [0.15, 0.2) is 12.3 Å². The average Bonchev–Trinajstić information content (AvgIpc) is 2.03. The highest BCUT2D eigenvalue weighted by atomic mass is 31.1. The minimum atomic E-state index is -1.47. The van der Waals surface area contributed by atoms with E-state index in [-0.39, 0.29) is 12.1 Å². The summed E-state index contributed by atoms with van der Waals surface area (Å²) in [5, 5.41) is 8.62. The van der Waals surface area contributed by atoms with E-state index in [1.165, 1.54) is 0 Å². The zero-order valence-corrected chi connectivity index (χ0v) is 7.37. The molecule has 0 bridgehead atoms. The van der Waals surface area contributed by atoms with Gasteiger partial charge in [-0.05, 0) is 6.42 Å². The summed E-state index contributed by atoms with van der Waals surface area (Å²) in [6.45, 7) is 0. The monoisotopic (exact) mass is 189 g/mol. The molecule has 0 aliphatic carbocycles. The lowest BCUT2D eigenvalue weighted by molar-refractivity contribution is -0.141. The molecule has 0 aromatic carbocycles. The molecule has 0 saturated carbocycles. The van der Waals surface area contributed by atoms with Crippen molar-refractivity contribution in [3.05, 3.63) is 0 Å². The van der Waals surface area contributed by atoms with Gasteiger partial charge in [-0.2, -0.15) is 0 Å². The highest BCUT2D eigenvalue weighted by Gasteiger charge is 2.38. The fourth-order valence-electron chi connectivity index (χ4n) is 1.37. The fourth-order valence-corrected chi connectivity index (χ4v) is 3.08. The predicted octanol–water partition coefficient (Wildman–Crippen LogP) is 0.733. The Morgan fingerprint density at radius 3 is 2.67 bits per heavy atom. The number of carbonyl (C=O) groups excluding carboxylic acids is 1. The van der Waals surface area contributed by atoms with Crippen LogP contribution >= 0.6 is 7.80 Å². The molecule has 0 aromatic rings. The molecule has 3 unspecified atom stereocenters. The first-order valence-electron chi connectivity index (χ1n) is 3.73. The van der Waals surface area contributed by atoms with Crippen LogP contribution in [-0.4, -0.2) is 29.7 Å². The molecule has 0 spiro atoms. The topological polar surface area (TPSA) is 71.4 Å². The van der Waals surface area contributed by atoms with Crippen LogP contribution in [0.15, 0.2) is 0 Å². The molecule has 5 heteroatoms. The van der Waals surface area contributed by atoms with Gasteiger partial charge in [-0.3, -0.25) is 4.79 Å². The molecular weight excluding hydrogens is 179 g/mol. The summed E-state index contributed by atoms with van der Waals surface area (Å²) in [5.41, 5.74) is 0. The van der Waals surface area contributed by atoms with E-state index in [1.54, 1.807) is 0 Å². The zero-order valence-electron chi connectivity index (χ0n) is 6.47. The summed E-state index contributed by atoms with van der Waals surface area (Å²) in [5.74, 6) is -1.84. The minimum absolute atomic E-state index is 0.231. The molecule has 4 nitrogen and oxygen atoms in total. The molecule has 1 heterocycles. The first-order valence-corrected chi connectivity index (χ1v) is 5.36. The van der Waals surface area contributed by atoms with Crippen LogP contribution in [0.4, 0.5) is 0 Å². The molecule has 1 saturated heterocycles. The van der Waals surface area contributed by atoms with Crippen molar-refractivity contribution < 1.29 is 19.3 Å². The number of rotatable bonds is 2. The molecule has 0 radical (unpaired) electrons. The molecule has 0 aromatic heterocycles. The van der Waals surface area contributed by atoms with Crippen molar-refractivity contribution in [2.75, 3.05) is 12.3 Å². The van der Waals surface area contributed by atoms with Gasteiger partial charge in [0.25, 0.3) is 0 Å². The van der Waals surface area contributed by atoms with Crippen LogP contribution in [0.5, 0.6) is 0 Å². The fraction of sp³-hybridized carbons (Fsp3) is 0.714. The van der Waals surface area contributed by atoms with E-state index < -0.39 is 19.7 Å². The maximum atomic E-state index is 11.1. The maximum Gasteiger partial charge on any atom is 0.340 e. The van der Waals surface area contributed by atoms with Crippen LogP contribution < -0.4 is 0 Å². The van der Waals surface area contributed by atoms with Crippen LogP contribution in [-0.2, 0) is 14.2 Å². The van der Waals surface area contributed by atoms with Gasteiger partial charge in [-0.15, -0.1) is 0 Å². The lowest BCUT2D eigenvalue weighted by Gasteiger charge is -2.14. The van der Waals surface area contributed by atoms with E-state index in [0.717, 1.165) is 0 Å². The Hall–Kier alpha value is -0.760. The highest BCUT2D eigenvalue weighted by molar-refractivity contribution is 7.44. The minimum Gasteiger partial charge on any atom is -0.481 e. The summed E-state index contributed by atoms with van der Waals surface area (Å²) in [4.78, 5) is 20.9. The van der Waals surface area contributed by atoms with E-state index in [0.29, 0.717) is 18.9 Å². The van der Waals surface area contributed by atoms with Gasteiger partial charge in [-0.25, -0.2) is 0 Å². The molecule has 1 fully saturated rings. The number of hydrogen-bond acceptors (Lipinski definition) is 3. The Kier molecular flexibility index (Phi) is 2.93. The van der Waals surface area contributed by atoms with Crippen molar-refractivity contribution in [1.82, 2.24) is 0 Å². The molecule has 1 N–H and O–H groups in total. The number of hydrogen-bond donors (Lipinski definition) is 1. The molecule has 12 heavy (non-hydrogen) atoms. The number of carboxylic acids is 1. The second kappa shape index (κ2) is 3.76. The first-order chi connectivity index (χ1) is 5.63. The summed E-state index contributed by atoms with van der Waals surface area (Å²) < 4.78 is 11.1. The maximum absolute atomic E-state index is 11.1. The second-order valence-electron chi connectivity index (χ2n) is 3.01. The van der Waals surface area contributed by atoms with Crippen molar-refractivity contribution in [3.63, 3.8) is 0 Å². The molecule has 1 rings (SSSR count). The normalized spacial score (nSPS) is 32.8.